The smallest absolute Gasteiger partial charge is 0.306 e. The first-order valence-corrected chi connectivity index (χ1v) is 5.19. The molecule has 0 aliphatic heterocycles. The molecule has 1 fully saturated rings. The van der Waals surface area contributed by atoms with Crippen molar-refractivity contribution in [2.75, 3.05) is 13.2 Å². The molecule has 0 aromatic carbocycles. The number of aliphatic carboxylic acids is 1. The Morgan fingerprint density at radius 3 is 2.86 bits per heavy atom. The molecule has 4 nitrogen and oxygen atoms in total. The van der Waals surface area contributed by atoms with E-state index in [2.05, 4.69) is 0 Å². The monoisotopic (exact) mass is 201 g/mol. The van der Waals surface area contributed by atoms with Crippen LogP contribution in [0, 0.1) is 11.8 Å². The molecule has 0 saturated heterocycles. The van der Waals surface area contributed by atoms with E-state index in [1.165, 1.54) is 0 Å². The third-order valence-electron chi connectivity index (χ3n) is 2.94. The highest BCUT2D eigenvalue weighted by Gasteiger charge is 2.32. The van der Waals surface area contributed by atoms with Crippen molar-refractivity contribution in [1.29, 1.82) is 0 Å². The van der Waals surface area contributed by atoms with Crippen molar-refractivity contribution >= 4 is 5.97 Å². The highest BCUT2D eigenvalue weighted by Crippen LogP contribution is 2.31. The molecular weight excluding hydrogens is 182 g/mol. The minimum Gasteiger partial charge on any atom is -0.481 e. The molecule has 82 valence electrons. The van der Waals surface area contributed by atoms with Gasteiger partial charge in [0.1, 0.15) is 0 Å². The Morgan fingerprint density at radius 1 is 1.57 bits per heavy atom. The van der Waals surface area contributed by atoms with E-state index in [-0.39, 0.29) is 17.9 Å². The first-order chi connectivity index (χ1) is 6.65. The molecule has 0 aromatic heterocycles. The van der Waals surface area contributed by atoms with Crippen LogP contribution in [0.5, 0.6) is 0 Å². The van der Waals surface area contributed by atoms with E-state index in [0.717, 1.165) is 12.8 Å². The summed E-state index contributed by atoms with van der Waals surface area (Å²) in [6.07, 6.45) is 2.63. The molecule has 3 unspecified atom stereocenters. The Balaban J connectivity index is 2.41. The van der Waals surface area contributed by atoms with Gasteiger partial charge < -0.3 is 15.6 Å². The first-order valence-electron chi connectivity index (χ1n) is 5.19. The fraction of sp³-hybridized carbons (Fsp3) is 0.900. The lowest BCUT2D eigenvalue weighted by atomic mass is 9.79. The van der Waals surface area contributed by atoms with E-state index >= 15 is 0 Å². The van der Waals surface area contributed by atoms with E-state index in [1.54, 1.807) is 0 Å². The van der Waals surface area contributed by atoms with Crippen molar-refractivity contribution in [3.05, 3.63) is 0 Å². The van der Waals surface area contributed by atoms with Gasteiger partial charge in [0.2, 0.25) is 0 Å². The van der Waals surface area contributed by atoms with E-state index in [4.69, 9.17) is 15.6 Å². The van der Waals surface area contributed by atoms with Crippen LogP contribution in [0.2, 0.25) is 0 Å². The zero-order valence-electron chi connectivity index (χ0n) is 8.61. The zero-order valence-corrected chi connectivity index (χ0v) is 8.61. The van der Waals surface area contributed by atoms with Gasteiger partial charge in [-0.15, -0.1) is 0 Å². The van der Waals surface area contributed by atoms with Gasteiger partial charge in [-0.25, -0.2) is 0 Å². The standard InChI is InChI=1S/C10H19NO3/c1-7-2-3-8(14-5-4-11)6-9(7)10(12)13/h7-9H,2-6,11H2,1H3,(H,12,13). The summed E-state index contributed by atoms with van der Waals surface area (Å²) in [5.74, 6) is -0.671. The molecule has 0 spiro atoms. The van der Waals surface area contributed by atoms with Gasteiger partial charge in [-0.3, -0.25) is 4.79 Å². The van der Waals surface area contributed by atoms with Crippen molar-refractivity contribution < 1.29 is 14.6 Å². The van der Waals surface area contributed by atoms with Gasteiger partial charge >= 0.3 is 5.97 Å². The minimum atomic E-state index is -0.696. The highest BCUT2D eigenvalue weighted by molar-refractivity contribution is 5.70. The van der Waals surface area contributed by atoms with Gasteiger partial charge in [-0.05, 0) is 25.2 Å². The van der Waals surface area contributed by atoms with Crippen LogP contribution in [0.4, 0.5) is 0 Å². The van der Waals surface area contributed by atoms with Crippen molar-refractivity contribution in [2.45, 2.75) is 32.3 Å². The quantitative estimate of drug-likeness (QED) is 0.707. The lowest BCUT2D eigenvalue weighted by molar-refractivity contribution is -0.147. The summed E-state index contributed by atoms with van der Waals surface area (Å²) in [6.45, 7) is 3.03. The topological polar surface area (TPSA) is 72.5 Å². The number of nitrogens with two attached hydrogens (primary N) is 1. The SMILES string of the molecule is CC1CCC(OCCN)CC1C(=O)O. The molecule has 1 rings (SSSR count). The summed E-state index contributed by atoms with van der Waals surface area (Å²) < 4.78 is 5.47. The maximum Gasteiger partial charge on any atom is 0.306 e. The summed E-state index contributed by atoms with van der Waals surface area (Å²) in [4.78, 5) is 10.9. The van der Waals surface area contributed by atoms with Crippen LogP contribution in [0.3, 0.4) is 0 Å². The number of hydrogen-bond acceptors (Lipinski definition) is 3. The number of carboxylic acids is 1. The predicted molar refractivity (Wildman–Crippen MR) is 52.9 cm³/mol. The number of ether oxygens (including phenoxy) is 1. The van der Waals surface area contributed by atoms with Crippen LogP contribution >= 0.6 is 0 Å². The summed E-state index contributed by atoms with van der Waals surface area (Å²) in [6, 6.07) is 0. The van der Waals surface area contributed by atoms with Gasteiger partial charge in [0.25, 0.3) is 0 Å². The fourth-order valence-corrected chi connectivity index (χ4v) is 2.01. The third kappa shape index (κ3) is 2.96. The molecule has 0 amide bonds. The van der Waals surface area contributed by atoms with E-state index in [1.807, 2.05) is 6.92 Å². The second kappa shape index (κ2) is 5.32. The molecule has 1 aliphatic rings. The molecular formula is C10H19NO3. The second-order valence-electron chi connectivity index (χ2n) is 4.02. The lowest BCUT2D eigenvalue weighted by Gasteiger charge is -2.31. The summed E-state index contributed by atoms with van der Waals surface area (Å²) in [5, 5.41) is 8.97. The van der Waals surface area contributed by atoms with Crippen LogP contribution < -0.4 is 5.73 Å². The number of hydrogen-bond donors (Lipinski definition) is 2. The molecule has 0 aromatic rings. The van der Waals surface area contributed by atoms with Gasteiger partial charge in [-0.2, -0.15) is 0 Å². The van der Waals surface area contributed by atoms with Crippen LogP contribution in [0.15, 0.2) is 0 Å². The van der Waals surface area contributed by atoms with Crippen molar-refractivity contribution in [3.63, 3.8) is 0 Å². The fourth-order valence-electron chi connectivity index (χ4n) is 2.01. The molecule has 0 bridgehead atoms. The Kier molecular flexibility index (Phi) is 4.35. The predicted octanol–water partition coefficient (Wildman–Crippen LogP) is 0.851. The average Bonchev–Trinajstić information content (AvgIpc) is 2.16. The van der Waals surface area contributed by atoms with Crippen molar-refractivity contribution in [1.82, 2.24) is 0 Å². The Labute approximate surface area is 84.4 Å². The van der Waals surface area contributed by atoms with Crippen molar-refractivity contribution in [2.24, 2.45) is 17.6 Å². The second-order valence-corrected chi connectivity index (χ2v) is 4.02. The largest absolute Gasteiger partial charge is 0.481 e. The molecule has 3 atom stereocenters. The molecule has 4 heteroatoms. The Hall–Kier alpha value is -0.610. The Morgan fingerprint density at radius 2 is 2.29 bits per heavy atom. The maximum absolute atomic E-state index is 10.9. The molecule has 1 aliphatic carbocycles. The lowest BCUT2D eigenvalue weighted by Crippen LogP contribution is -2.34. The van der Waals surface area contributed by atoms with Gasteiger partial charge in [0.05, 0.1) is 18.6 Å². The molecule has 14 heavy (non-hydrogen) atoms. The molecule has 0 radical (unpaired) electrons. The summed E-state index contributed by atoms with van der Waals surface area (Å²) in [5.41, 5.74) is 5.33. The molecule has 0 heterocycles. The maximum atomic E-state index is 10.9. The number of rotatable bonds is 4. The number of carboxylic acid groups (broad SMARTS) is 1. The van der Waals surface area contributed by atoms with Gasteiger partial charge in [0.15, 0.2) is 0 Å². The summed E-state index contributed by atoms with van der Waals surface area (Å²) >= 11 is 0. The van der Waals surface area contributed by atoms with Crippen LogP contribution in [0.25, 0.3) is 0 Å². The van der Waals surface area contributed by atoms with Gasteiger partial charge in [0, 0.05) is 6.54 Å². The van der Waals surface area contributed by atoms with E-state index < -0.39 is 5.97 Å². The highest BCUT2D eigenvalue weighted by atomic mass is 16.5. The van der Waals surface area contributed by atoms with Crippen LogP contribution in [-0.2, 0) is 9.53 Å². The normalized spacial score (nSPS) is 32.9. The summed E-state index contributed by atoms with van der Waals surface area (Å²) in [7, 11) is 0. The Bertz CT molecular complexity index is 194. The molecule has 1 saturated carbocycles. The zero-order chi connectivity index (χ0) is 10.6. The van der Waals surface area contributed by atoms with Gasteiger partial charge in [-0.1, -0.05) is 6.92 Å². The minimum absolute atomic E-state index is 0.0934. The van der Waals surface area contributed by atoms with Crippen LogP contribution in [-0.4, -0.2) is 30.3 Å². The third-order valence-corrected chi connectivity index (χ3v) is 2.94. The van der Waals surface area contributed by atoms with Crippen molar-refractivity contribution in [3.8, 4) is 0 Å². The van der Waals surface area contributed by atoms with E-state index in [9.17, 15) is 4.79 Å². The average molecular weight is 201 g/mol. The molecule has 3 N–H and O–H groups in total. The van der Waals surface area contributed by atoms with E-state index in [0.29, 0.717) is 19.6 Å². The van der Waals surface area contributed by atoms with Crippen LogP contribution in [0.1, 0.15) is 26.2 Å². The first kappa shape index (κ1) is 11.5. The number of carbonyl (C=O) groups is 1.